The summed E-state index contributed by atoms with van der Waals surface area (Å²) in [4.78, 5) is 14.5. The van der Waals surface area contributed by atoms with Crippen LogP contribution in [0.15, 0.2) is 36.7 Å². The van der Waals surface area contributed by atoms with E-state index in [0.29, 0.717) is 23.2 Å². The minimum Gasteiger partial charge on any atom is -0.338 e. The number of rotatable bonds is 4. The van der Waals surface area contributed by atoms with Crippen molar-refractivity contribution in [2.45, 2.75) is 25.4 Å². The number of halogens is 1. The summed E-state index contributed by atoms with van der Waals surface area (Å²) in [6.07, 6.45) is 5.44. The van der Waals surface area contributed by atoms with E-state index in [4.69, 9.17) is 11.6 Å². The van der Waals surface area contributed by atoms with Crippen molar-refractivity contribution < 1.29 is 4.79 Å². The van der Waals surface area contributed by atoms with Gasteiger partial charge in [-0.3, -0.25) is 9.48 Å². The van der Waals surface area contributed by atoms with Gasteiger partial charge >= 0.3 is 0 Å². The van der Waals surface area contributed by atoms with Gasteiger partial charge in [-0.1, -0.05) is 29.8 Å². The molecule has 0 aliphatic carbocycles. The Hall–Kier alpha value is -1.85. The minimum atomic E-state index is 0.0601. The summed E-state index contributed by atoms with van der Waals surface area (Å²) in [5.74, 6) is 0.0601. The number of hydrogen-bond donors (Lipinski definition) is 1. The zero-order valence-electron chi connectivity index (χ0n) is 13.2. The van der Waals surface area contributed by atoms with E-state index < -0.39 is 0 Å². The number of nitrogens with one attached hydrogen (secondary N) is 1. The minimum absolute atomic E-state index is 0.0601. The summed E-state index contributed by atoms with van der Waals surface area (Å²) in [6.45, 7) is 2.15. The van der Waals surface area contributed by atoms with Crippen LogP contribution in [0.2, 0.25) is 5.02 Å². The van der Waals surface area contributed by atoms with Crippen LogP contribution in [0.4, 0.5) is 0 Å². The summed E-state index contributed by atoms with van der Waals surface area (Å²) in [7, 11) is 1.97. The van der Waals surface area contributed by atoms with Crippen LogP contribution in [0.25, 0.3) is 0 Å². The van der Waals surface area contributed by atoms with E-state index in [1.54, 1.807) is 17.1 Å². The zero-order valence-corrected chi connectivity index (χ0v) is 14.0. The number of aromatic nitrogens is 2. The Morgan fingerprint density at radius 2 is 2.09 bits per heavy atom. The van der Waals surface area contributed by atoms with Gasteiger partial charge < -0.3 is 10.2 Å². The first kappa shape index (κ1) is 16.0. The standard InChI is InChI=1S/C17H21ClN4O/c1-19-15-6-8-21(9-7-15)17(23)14-10-20-22(12-14)11-13-4-2-3-5-16(13)18/h2-5,10,12,15,19H,6-9,11H2,1H3. The van der Waals surface area contributed by atoms with Crippen molar-refractivity contribution in [2.24, 2.45) is 0 Å². The lowest BCUT2D eigenvalue weighted by atomic mass is 10.0. The summed E-state index contributed by atoms with van der Waals surface area (Å²) in [6, 6.07) is 8.19. The van der Waals surface area contributed by atoms with Crippen LogP contribution in [0, 0.1) is 0 Å². The van der Waals surface area contributed by atoms with Crippen molar-refractivity contribution in [3.63, 3.8) is 0 Å². The highest BCUT2D eigenvalue weighted by atomic mass is 35.5. The molecule has 0 saturated carbocycles. The number of carbonyl (C=O) groups excluding carboxylic acids is 1. The number of benzene rings is 1. The Kier molecular flexibility index (Phi) is 4.98. The second kappa shape index (κ2) is 7.15. The molecule has 3 rings (SSSR count). The van der Waals surface area contributed by atoms with Crippen molar-refractivity contribution >= 4 is 17.5 Å². The van der Waals surface area contributed by atoms with Crippen LogP contribution >= 0.6 is 11.6 Å². The molecule has 0 radical (unpaired) electrons. The predicted molar refractivity (Wildman–Crippen MR) is 90.8 cm³/mol. The second-order valence-electron chi connectivity index (χ2n) is 5.87. The van der Waals surface area contributed by atoms with Gasteiger partial charge in [0.25, 0.3) is 5.91 Å². The largest absolute Gasteiger partial charge is 0.338 e. The molecule has 1 aliphatic rings. The SMILES string of the molecule is CNC1CCN(C(=O)c2cnn(Cc3ccccc3Cl)c2)CC1. The molecule has 2 aromatic rings. The van der Waals surface area contributed by atoms with E-state index in [2.05, 4.69) is 10.4 Å². The highest BCUT2D eigenvalue weighted by molar-refractivity contribution is 6.31. The first-order chi connectivity index (χ1) is 11.2. The van der Waals surface area contributed by atoms with E-state index >= 15 is 0 Å². The third-order valence-electron chi connectivity index (χ3n) is 4.36. The number of carbonyl (C=O) groups is 1. The molecule has 0 unspecified atom stereocenters. The maximum atomic E-state index is 12.6. The van der Waals surface area contributed by atoms with E-state index in [1.165, 1.54) is 0 Å². The smallest absolute Gasteiger partial charge is 0.257 e. The summed E-state index contributed by atoms with van der Waals surface area (Å²) < 4.78 is 1.76. The van der Waals surface area contributed by atoms with Crippen LogP contribution in [0.1, 0.15) is 28.8 Å². The molecule has 122 valence electrons. The summed E-state index contributed by atoms with van der Waals surface area (Å²) in [5.41, 5.74) is 1.63. The first-order valence-corrected chi connectivity index (χ1v) is 8.27. The Morgan fingerprint density at radius 1 is 1.35 bits per heavy atom. The Bertz CT molecular complexity index is 677. The molecule has 1 N–H and O–H groups in total. The Labute approximate surface area is 141 Å². The molecule has 23 heavy (non-hydrogen) atoms. The van der Waals surface area contributed by atoms with E-state index in [0.717, 1.165) is 31.5 Å². The van der Waals surface area contributed by atoms with Crippen molar-refractivity contribution in [3.05, 3.63) is 52.8 Å². The topological polar surface area (TPSA) is 50.2 Å². The van der Waals surface area contributed by atoms with Gasteiger partial charge in [0.05, 0.1) is 18.3 Å². The van der Waals surface area contributed by atoms with Crippen LogP contribution in [-0.4, -0.2) is 46.8 Å². The fourth-order valence-corrected chi connectivity index (χ4v) is 3.11. The molecule has 0 spiro atoms. The molecule has 0 bridgehead atoms. The lowest BCUT2D eigenvalue weighted by Crippen LogP contribution is -2.43. The molecule has 1 saturated heterocycles. The molecule has 1 aromatic heterocycles. The molecule has 6 heteroatoms. The number of piperidine rings is 1. The number of nitrogens with zero attached hydrogens (tertiary/aromatic N) is 3. The monoisotopic (exact) mass is 332 g/mol. The maximum Gasteiger partial charge on any atom is 0.257 e. The fourth-order valence-electron chi connectivity index (χ4n) is 2.92. The average Bonchev–Trinajstić information content (AvgIpc) is 3.05. The molecule has 5 nitrogen and oxygen atoms in total. The molecule has 0 atom stereocenters. The quantitative estimate of drug-likeness (QED) is 0.935. The van der Waals surface area contributed by atoms with Crippen LogP contribution in [-0.2, 0) is 6.54 Å². The lowest BCUT2D eigenvalue weighted by Gasteiger charge is -2.31. The second-order valence-corrected chi connectivity index (χ2v) is 6.28. The van der Waals surface area contributed by atoms with Gasteiger partial charge in [-0.05, 0) is 31.5 Å². The van der Waals surface area contributed by atoms with Gasteiger partial charge in [-0.15, -0.1) is 0 Å². The molecule has 1 aromatic carbocycles. The normalized spacial score (nSPS) is 15.8. The van der Waals surface area contributed by atoms with Crippen LogP contribution in [0.5, 0.6) is 0 Å². The van der Waals surface area contributed by atoms with E-state index in [9.17, 15) is 4.79 Å². The van der Waals surface area contributed by atoms with Gasteiger partial charge in [0.15, 0.2) is 0 Å². The zero-order chi connectivity index (χ0) is 16.2. The van der Waals surface area contributed by atoms with Crippen molar-refractivity contribution in [3.8, 4) is 0 Å². The molecule has 1 amide bonds. The highest BCUT2D eigenvalue weighted by Gasteiger charge is 2.23. The van der Waals surface area contributed by atoms with Crippen LogP contribution < -0.4 is 5.32 Å². The van der Waals surface area contributed by atoms with Gasteiger partial charge in [0, 0.05) is 30.4 Å². The van der Waals surface area contributed by atoms with E-state index in [-0.39, 0.29) is 5.91 Å². The third-order valence-corrected chi connectivity index (χ3v) is 4.73. The molecular weight excluding hydrogens is 312 g/mol. The lowest BCUT2D eigenvalue weighted by molar-refractivity contribution is 0.0707. The number of amides is 1. The molecule has 2 heterocycles. The fraction of sp³-hybridized carbons (Fsp3) is 0.412. The van der Waals surface area contributed by atoms with Gasteiger partial charge in [-0.2, -0.15) is 5.10 Å². The van der Waals surface area contributed by atoms with Crippen molar-refractivity contribution in [1.82, 2.24) is 20.0 Å². The first-order valence-electron chi connectivity index (χ1n) is 7.90. The molecule has 1 fully saturated rings. The highest BCUT2D eigenvalue weighted by Crippen LogP contribution is 2.17. The summed E-state index contributed by atoms with van der Waals surface area (Å²) >= 11 is 6.17. The maximum absolute atomic E-state index is 12.6. The summed E-state index contributed by atoms with van der Waals surface area (Å²) in [5, 5.41) is 8.28. The van der Waals surface area contributed by atoms with E-state index in [1.807, 2.05) is 36.2 Å². The average molecular weight is 333 g/mol. The van der Waals surface area contributed by atoms with Gasteiger partial charge in [-0.25, -0.2) is 0 Å². The third kappa shape index (κ3) is 3.74. The van der Waals surface area contributed by atoms with Gasteiger partial charge in [0.1, 0.15) is 0 Å². The molecular formula is C17H21ClN4O. The number of likely N-dealkylation sites (tertiary alicyclic amines) is 1. The van der Waals surface area contributed by atoms with Crippen molar-refractivity contribution in [2.75, 3.05) is 20.1 Å². The Morgan fingerprint density at radius 3 is 2.78 bits per heavy atom. The van der Waals surface area contributed by atoms with Crippen LogP contribution in [0.3, 0.4) is 0 Å². The molecule has 1 aliphatic heterocycles. The Balaban J connectivity index is 1.65. The van der Waals surface area contributed by atoms with Gasteiger partial charge in [0.2, 0.25) is 0 Å². The van der Waals surface area contributed by atoms with Crippen molar-refractivity contribution in [1.29, 1.82) is 0 Å². The number of hydrogen-bond acceptors (Lipinski definition) is 3. The predicted octanol–water partition coefficient (Wildman–Crippen LogP) is 2.41.